The van der Waals surface area contributed by atoms with E-state index in [1.165, 1.54) is 6.92 Å². The van der Waals surface area contributed by atoms with Gasteiger partial charge in [-0.3, -0.25) is 0 Å². The minimum Gasteiger partial charge on any atom is -0.479 e. The third-order valence-electron chi connectivity index (χ3n) is 1.70. The molecule has 2 atom stereocenters. The third-order valence-corrected chi connectivity index (χ3v) is 1.70. The number of ether oxygens (including phenoxy) is 1. The summed E-state index contributed by atoms with van der Waals surface area (Å²) in [6.45, 7) is 2.50. The Morgan fingerprint density at radius 2 is 2.17 bits per heavy atom. The van der Waals surface area contributed by atoms with Crippen molar-refractivity contribution in [2.75, 3.05) is 13.2 Å². The van der Waals surface area contributed by atoms with Crippen molar-refractivity contribution in [3.63, 3.8) is 0 Å². The second-order valence-corrected chi connectivity index (χ2v) is 2.49. The number of carbonyl (C=O) groups is 1. The Hall–Kier alpha value is -0.650. The minimum absolute atomic E-state index is 0.288. The zero-order valence-electron chi connectivity index (χ0n) is 7.15. The van der Waals surface area contributed by atoms with Crippen LogP contribution in [0.15, 0.2) is 0 Å². The van der Waals surface area contributed by atoms with Gasteiger partial charge in [-0.05, 0) is 13.8 Å². The number of carboxylic acid groups (broad SMARTS) is 1. The van der Waals surface area contributed by atoms with Gasteiger partial charge in [-0.2, -0.15) is 0 Å². The molecule has 0 saturated heterocycles. The molecule has 0 aliphatic heterocycles. The van der Waals surface area contributed by atoms with Crippen molar-refractivity contribution in [3.05, 3.63) is 0 Å². The molecule has 12 heavy (non-hydrogen) atoms. The summed E-state index contributed by atoms with van der Waals surface area (Å²) >= 11 is 0. The van der Waals surface area contributed by atoms with Crippen molar-refractivity contribution < 1.29 is 24.9 Å². The SMILES string of the molecule is CCOC(C)C(O)(CO)C(=O)O. The Kier molecular flexibility index (Phi) is 4.16. The summed E-state index contributed by atoms with van der Waals surface area (Å²) in [5.41, 5.74) is -2.20. The molecule has 0 aromatic carbocycles. The van der Waals surface area contributed by atoms with Crippen molar-refractivity contribution in [2.45, 2.75) is 25.6 Å². The van der Waals surface area contributed by atoms with Crippen molar-refractivity contribution in [1.82, 2.24) is 0 Å². The molecule has 5 nitrogen and oxygen atoms in total. The molecule has 0 aromatic heterocycles. The van der Waals surface area contributed by atoms with Gasteiger partial charge in [-0.25, -0.2) is 4.79 Å². The average Bonchev–Trinajstić information content (AvgIpc) is 2.03. The van der Waals surface area contributed by atoms with Crippen LogP contribution in [-0.4, -0.2) is 46.2 Å². The van der Waals surface area contributed by atoms with Crippen LogP contribution in [0.3, 0.4) is 0 Å². The highest BCUT2D eigenvalue weighted by atomic mass is 16.5. The summed E-state index contributed by atoms with van der Waals surface area (Å²) in [5.74, 6) is -1.48. The molecule has 0 aliphatic carbocycles. The smallest absolute Gasteiger partial charge is 0.340 e. The summed E-state index contributed by atoms with van der Waals surface area (Å²) < 4.78 is 4.87. The van der Waals surface area contributed by atoms with E-state index in [9.17, 15) is 9.90 Å². The van der Waals surface area contributed by atoms with Crippen LogP contribution >= 0.6 is 0 Å². The Bertz CT molecular complexity index is 158. The minimum atomic E-state index is -2.20. The van der Waals surface area contributed by atoms with Gasteiger partial charge in [0.1, 0.15) is 0 Å². The highest BCUT2D eigenvalue weighted by Gasteiger charge is 2.42. The van der Waals surface area contributed by atoms with Crippen molar-refractivity contribution in [3.8, 4) is 0 Å². The number of aliphatic hydroxyl groups excluding tert-OH is 1. The number of hydrogen-bond acceptors (Lipinski definition) is 4. The fraction of sp³-hybridized carbons (Fsp3) is 0.857. The lowest BCUT2D eigenvalue weighted by Crippen LogP contribution is -2.52. The number of carboxylic acids is 1. The first-order valence-corrected chi connectivity index (χ1v) is 3.67. The maximum atomic E-state index is 10.5. The lowest BCUT2D eigenvalue weighted by molar-refractivity contribution is -0.181. The van der Waals surface area contributed by atoms with Gasteiger partial charge in [-0.15, -0.1) is 0 Å². The van der Waals surface area contributed by atoms with E-state index in [0.717, 1.165) is 0 Å². The zero-order chi connectivity index (χ0) is 9.78. The molecule has 0 heterocycles. The lowest BCUT2D eigenvalue weighted by atomic mass is 9.99. The van der Waals surface area contributed by atoms with Crippen LogP contribution in [0.4, 0.5) is 0 Å². The van der Waals surface area contributed by atoms with Gasteiger partial charge in [0.05, 0.1) is 12.7 Å². The van der Waals surface area contributed by atoms with E-state index < -0.39 is 24.3 Å². The molecule has 2 unspecified atom stereocenters. The Morgan fingerprint density at radius 3 is 2.42 bits per heavy atom. The topological polar surface area (TPSA) is 87.0 Å². The van der Waals surface area contributed by atoms with E-state index in [0.29, 0.717) is 0 Å². The first-order valence-electron chi connectivity index (χ1n) is 3.67. The second-order valence-electron chi connectivity index (χ2n) is 2.49. The van der Waals surface area contributed by atoms with E-state index in [1.807, 2.05) is 0 Å². The van der Waals surface area contributed by atoms with Crippen LogP contribution in [0.25, 0.3) is 0 Å². The molecule has 0 bridgehead atoms. The maximum Gasteiger partial charge on any atom is 0.340 e. The molecular formula is C7H14O5. The first kappa shape index (κ1) is 11.4. The molecule has 0 spiro atoms. The van der Waals surface area contributed by atoms with Crippen LogP contribution in [0.5, 0.6) is 0 Å². The predicted octanol–water partition coefficient (Wildman–Crippen LogP) is -0.781. The summed E-state index contributed by atoms with van der Waals surface area (Å²) in [5, 5.41) is 26.5. The average molecular weight is 178 g/mol. The van der Waals surface area contributed by atoms with Gasteiger partial charge >= 0.3 is 5.97 Å². The van der Waals surface area contributed by atoms with E-state index in [1.54, 1.807) is 6.92 Å². The van der Waals surface area contributed by atoms with Crippen LogP contribution in [0.2, 0.25) is 0 Å². The number of hydrogen-bond donors (Lipinski definition) is 3. The van der Waals surface area contributed by atoms with Gasteiger partial charge < -0.3 is 20.1 Å². The molecule has 0 amide bonds. The largest absolute Gasteiger partial charge is 0.479 e. The fourth-order valence-electron chi connectivity index (χ4n) is 0.758. The molecule has 3 N–H and O–H groups in total. The number of rotatable bonds is 5. The van der Waals surface area contributed by atoms with Crippen molar-refractivity contribution in [1.29, 1.82) is 0 Å². The molecule has 0 radical (unpaired) electrons. The van der Waals surface area contributed by atoms with Gasteiger partial charge in [0.2, 0.25) is 5.60 Å². The molecule has 0 rings (SSSR count). The summed E-state index contributed by atoms with van der Waals surface area (Å²) in [4.78, 5) is 10.5. The van der Waals surface area contributed by atoms with E-state index >= 15 is 0 Å². The standard InChI is InChI=1S/C7H14O5/c1-3-12-5(2)7(11,4-8)6(9)10/h5,8,11H,3-4H2,1-2H3,(H,9,10). The molecular weight excluding hydrogens is 164 g/mol. The number of aliphatic carboxylic acids is 1. The van der Waals surface area contributed by atoms with E-state index in [-0.39, 0.29) is 6.61 Å². The highest BCUT2D eigenvalue weighted by molar-refractivity contribution is 5.78. The quantitative estimate of drug-likeness (QED) is 0.514. The lowest BCUT2D eigenvalue weighted by Gasteiger charge is -2.27. The summed E-state index contributed by atoms with van der Waals surface area (Å²) in [7, 11) is 0. The number of aliphatic hydroxyl groups is 2. The normalized spacial score (nSPS) is 18.3. The summed E-state index contributed by atoms with van der Waals surface area (Å²) in [6, 6.07) is 0. The van der Waals surface area contributed by atoms with Gasteiger partial charge in [0.25, 0.3) is 0 Å². The van der Waals surface area contributed by atoms with E-state index in [4.69, 9.17) is 14.9 Å². The maximum absolute atomic E-state index is 10.5. The zero-order valence-corrected chi connectivity index (χ0v) is 7.15. The van der Waals surface area contributed by atoms with Crippen molar-refractivity contribution >= 4 is 5.97 Å². The third kappa shape index (κ3) is 2.17. The molecule has 0 aromatic rings. The van der Waals surface area contributed by atoms with Crippen LogP contribution in [0, 0.1) is 0 Å². The molecule has 5 heteroatoms. The van der Waals surface area contributed by atoms with Crippen molar-refractivity contribution in [2.24, 2.45) is 0 Å². The molecule has 72 valence electrons. The van der Waals surface area contributed by atoms with E-state index in [2.05, 4.69) is 0 Å². The van der Waals surface area contributed by atoms with Crippen LogP contribution < -0.4 is 0 Å². The Balaban J connectivity index is 4.39. The molecule has 0 fully saturated rings. The first-order chi connectivity index (χ1) is 5.49. The summed E-state index contributed by atoms with van der Waals surface area (Å²) in [6.07, 6.45) is -0.926. The Labute approximate surface area is 70.6 Å². The van der Waals surface area contributed by atoms with Gasteiger partial charge in [-0.1, -0.05) is 0 Å². The predicted molar refractivity (Wildman–Crippen MR) is 40.8 cm³/mol. The van der Waals surface area contributed by atoms with Gasteiger partial charge in [0, 0.05) is 6.61 Å². The second kappa shape index (κ2) is 4.39. The molecule has 0 saturated carbocycles. The Morgan fingerprint density at radius 1 is 1.67 bits per heavy atom. The van der Waals surface area contributed by atoms with Crippen LogP contribution in [0.1, 0.15) is 13.8 Å². The monoisotopic (exact) mass is 178 g/mol. The van der Waals surface area contributed by atoms with Gasteiger partial charge in [0.15, 0.2) is 0 Å². The highest BCUT2D eigenvalue weighted by Crippen LogP contribution is 2.13. The van der Waals surface area contributed by atoms with Crippen LogP contribution in [-0.2, 0) is 9.53 Å². The fourth-order valence-corrected chi connectivity index (χ4v) is 0.758. The molecule has 0 aliphatic rings.